The van der Waals surface area contributed by atoms with Crippen LogP contribution in [0.5, 0.6) is 0 Å². The number of hydrogen-bond acceptors (Lipinski definition) is 4. The number of primary amides is 1. The number of nitrogens with zero attached hydrogens (tertiary/aromatic N) is 1. The number of ether oxygens (including phenoxy) is 1. The van der Waals surface area contributed by atoms with Crippen molar-refractivity contribution in [1.29, 1.82) is 0 Å². The van der Waals surface area contributed by atoms with Gasteiger partial charge in [0.05, 0.1) is 5.56 Å². The van der Waals surface area contributed by atoms with Crippen LogP contribution in [0.25, 0.3) is 0 Å². The van der Waals surface area contributed by atoms with E-state index in [4.69, 9.17) is 10.5 Å². The van der Waals surface area contributed by atoms with Crippen molar-refractivity contribution in [2.24, 2.45) is 5.73 Å². The zero-order chi connectivity index (χ0) is 17.5. The maximum atomic E-state index is 12.4. The molecule has 0 aliphatic carbocycles. The second-order valence-electron chi connectivity index (χ2n) is 5.86. The lowest BCUT2D eigenvalue weighted by Crippen LogP contribution is -2.40. The van der Waals surface area contributed by atoms with Gasteiger partial charge in [-0.15, -0.1) is 0 Å². The maximum Gasteiger partial charge on any atom is 0.338 e. The molecular weight excluding hydrogens is 310 g/mol. The van der Waals surface area contributed by atoms with E-state index in [0.29, 0.717) is 18.8 Å². The van der Waals surface area contributed by atoms with Gasteiger partial charge in [0.1, 0.15) is 0 Å². The van der Waals surface area contributed by atoms with Crippen LogP contribution >= 0.6 is 0 Å². The summed E-state index contributed by atoms with van der Waals surface area (Å²) in [6.45, 7) is 2.99. The van der Waals surface area contributed by atoms with Gasteiger partial charge in [-0.2, -0.15) is 0 Å². The van der Waals surface area contributed by atoms with Crippen molar-refractivity contribution in [2.75, 3.05) is 18.4 Å². The lowest BCUT2D eigenvalue weighted by atomic mass is 10.2. The highest BCUT2D eigenvalue weighted by Gasteiger charge is 2.25. The number of hydrogen-bond donors (Lipinski definition) is 2. The molecule has 24 heavy (non-hydrogen) atoms. The molecule has 1 aliphatic heterocycles. The van der Waals surface area contributed by atoms with Crippen LogP contribution in [0.2, 0.25) is 0 Å². The highest BCUT2D eigenvalue weighted by molar-refractivity contribution is 5.94. The predicted octanol–water partition coefficient (Wildman–Crippen LogP) is 2.13. The van der Waals surface area contributed by atoms with Crippen LogP contribution in [-0.4, -0.2) is 42.0 Å². The van der Waals surface area contributed by atoms with Gasteiger partial charge in [-0.3, -0.25) is 4.79 Å². The van der Waals surface area contributed by atoms with Crippen molar-refractivity contribution in [3.05, 3.63) is 29.8 Å². The second kappa shape index (κ2) is 8.33. The van der Waals surface area contributed by atoms with Crippen molar-refractivity contribution in [2.45, 2.75) is 38.7 Å². The first-order valence-corrected chi connectivity index (χ1v) is 8.13. The van der Waals surface area contributed by atoms with E-state index in [1.165, 1.54) is 6.07 Å². The number of anilines is 1. The van der Waals surface area contributed by atoms with Gasteiger partial charge in [-0.25, -0.2) is 9.59 Å². The van der Waals surface area contributed by atoms with Gasteiger partial charge in [0, 0.05) is 18.8 Å². The number of carbonyl (C=O) groups excluding carboxylic acids is 3. The first-order valence-electron chi connectivity index (χ1n) is 8.13. The van der Waals surface area contributed by atoms with Crippen LogP contribution in [0.3, 0.4) is 0 Å². The van der Waals surface area contributed by atoms with Crippen molar-refractivity contribution >= 4 is 23.6 Å². The second-order valence-corrected chi connectivity index (χ2v) is 5.86. The Balaban J connectivity index is 1.97. The summed E-state index contributed by atoms with van der Waals surface area (Å²) in [5, 5.41) is 2.39. The summed E-state index contributed by atoms with van der Waals surface area (Å²) in [6, 6.07) is 5.50. The Morgan fingerprint density at radius 3 is 2.46 bits per heavy atom. The predicted molar refractivity (Wildman–Crippen MR) is 89.6 cm³/mol. The Morgan fingerprint density at radius 1 is 1.17 bits per heavy atom. The van der Waals surface area contributed by atoms with Crippen molar-refractivity contribution in [1.82, 2.24) is 4.90 Å². The molecule has 130 valence electrons. The summed E-state index contributed by atoms with van der Waals surface area (Å²) in [6.07, 6.45) is 3.36. The summed E-state index contributed by atoms with van der Waals surface area (Å²) in [4.78, 5) is 37.2. The largest absolute Gasteiger partial charge is 0.449 e. The molecule has 1 aromatic rings. The molecule has 0 radical (unpaired) electrons. The van der Waals surface area contributed by atoms with Crippen LogP contribution in [0.1, 0.15) is 43.0 Å². The average Bonchev–Trinajstić information content (AvgIpc) is 2.82. The number of amides is 3. The van der Waals surface area contributed by atoms with E-state index >= 15 is 0 Å². The third kappa shape index (κ3) is 4.97. The molecule has 1 saturated heterocycles. The lowest BCUT2D eigenvalue weighted by Gasteiger charge is -2.24. The van der Waals surface area contributed by atoms with Crippen molar-refractivity contribution < 1.29 is 19.1 Å². The quantitative estimate of drug-likeness (QED) is 0.824. The molecule has 2 rings (SSSR count). The fourth-order valence-electron chi connectivity index (χ4n) is 2.69. The Labute approximate surface area is 141 Å². The number of rotatable bonds is 4. The molecule has 1 unspecified atom stereocenters. The fraction of sp³-hybridized carbons (Fsp3) is 0.471. The standard InChI is InChI=1S/C17H23N3O4/c1-12(15(21)20-9-4-2-3-5-10-20)24-16(22)13-7-6-8-14(11-13)19-17(18)23/h6-8,11-12H,2-5,9-10H2,1H3,(H3,18,19,23). The number of esters is 1. The van der Waals surface area contributed by atoms with Crippen molar-refractivity contribution in [3.63, 3.8) is 0 Å². The van der Waals surface area contributed by atoms with E-state index in [9.17, 15) is 14.4 Å². The number of benzene rings is 1. The van der Waals surface area contributed by atoms with Gasteiger partial charge in [0.25, 0.3) is 5.91 Å². The molecule has 1 aliphatic rings. The minimum absolute atomic E-state index is 0.170. The summed E-state index contributed by atoms with van der Waals surface area (Å²) < 4.78 is 5.28. The number of carbonyl (C=O) groups is 3. The summed E-state index contributed by atoms with van der Waals surface area (Å²) >= 11 is 0. The van der Waals surface area contributed by atoms with Crippen LogP contribution in [0, 0.1) is 0 Å². The average molecular weight is 333 g/mol. The highest BCUT2D eigenvalue weighted by Crippen LogP contribution is 2.15. The van der Waals surface area contributed by atoms with E-state index in [-0.39, 0.29) is 11.5 Å². The summed E-state index contributed by atoms with van der Waals surface area (Å²) in [7, 11) is 0. The van der Waals surface area contributed by atoms with Crippen LogP contribution in [0.15, 0.2) is 24.3 Å². The van der Waals surface area contributed by atoms with E-state index < -0.39 is 18.1 Å². The minimum Gasteiger partial charge on any atom is -0.449 e. The third-order valence-electron chi connectivity index (χ3n) is 3.92. The molecule has 7 nitrogen and oxygen atoms in total. The van der Waals surface area contributed by atoms with Gasteiger partial charge < -0.3 is 20.7 Å². The number of likely N-dealkylation sites (tertiary alicyclic amines) is 1. The molecule has 1 fully saturated rings. The zero-order valence-electron chi connectivity index (χ0n) is 13.8. The molecule has 7 heteroatoms. The smallest absolute Gasteiger partial charge is 0.338 e. The maximum absolute atomic E-state index is 12.4. The molecule has 0 aromatic heterocycles. The molecular formula is C17H23N3O4. The normalized spacial score (nSPS) is 16.0. The molecule has 1 heterocycles. The van der Waals surface area contributed by atoms with Crippen molar-refractivity contribution in [3.8, 4) is 0 Å². The minimum atomic E-state index is -0.844. The number of nitrogens with one attached hydrogen (secondary N) is 1. The van der Waals surface area contributed by atoms with E-state index in [1.54, 1.807) is 30.0 Å². The Bertz CT molecular complexity index is 610. The molecule has 3 amide bonds. The molecule has 1 atom stereocenters. The molecule has 3 N–H and O–H groups in total. The first-order chi connectivity index (χ1) is 11.5. The van der Waals surface area contributed by atoms with Crippen LogP contribution in [0.4, 0.5) is 10.5 Å². The number of urea groups is 1. The van der Waals surface area contributed by atoms with Gasteiger partial charge in [0.15, 0.2) is 6.10 Å². The van der Waals surface area contributed by atoms with E-state index in [0.717, 1.165) is 25.7 Å². The Kier molecular flexibility index (Phi) is 6.17. The van der Waals surface area contributed by atoms with Crippen LogP contribution in [-0.2, 0) is 9.53 Å². The lowest BCUT2D eigenvalue weighted by molar-refractivity contribution is -0.139. The fourth-order valence-corrected chi connectivity index (χ4v) is 2.69. The molecule has 0 spiro atoms. The SMILES string of the molecule is CC(OC(=O)c1cccc(NC(N)=O)c1)C(=O)N1CCCCCC1. The van der Waals surface area contributed by atoms with Gasteiger partial charge in [0.2, 0.25) is 0 Å². The summed E-state index contributed by atoms with van der Waals surface area (Å²) in [5.41, 5.74) is 5.69. The topological polar surface area (TPSA) is 102 Å². The Morgan fingerprint density at radius 2 is 1.83 bits per heavy atom. The molecule has 0 bridgehead atoms. The summed E-state index contributed by atoms with van der Waals surface area (Å²) in [5.74, 6) is -0.782. The van der Waals surface area contributed by atoms with Gasteiger partial charge >= 0.3 is 12.0 Å². The Hall–Kier alpha value is -2.57. The van der Waals surface area contributed by atoms with Gasteiger partial charge in [-0.1, -0.05) is 18.9 Å². The highest BCUT2D eigenvalue weighted by atomic mass is 16.5. The first kappa shape index (κ1) is 17.8. The van der Waals surface area contributed by atoms with Crippen LogP contribution < -0.4 is 11.1 Å². The number of nitrogens with two attached hydrogens (primary N) is 1. The van der Waals surface area contributed by atoms with E-state index in [2.05, 4.69) is 5.32 Å². The van der Waals surface area contributed by atoms with E-state index in [1.807, 2.05) is 0 Å². The zero-order valence-corrected chi connectivity index (χ0v) is 13.8. The third-order valence-corrected chi connectivity index (χ3v) is 3.92. The van der Waals surface area contributed by atoms with Gasteiger partial charge in [-0.05, 0) is 38.0 Å². The molecule has 0 saturated carbocycles. The monoisotopic (exact) mass is 333 g/mol. The molecule has 1 aromatic carbocycles.